The highest BCUT2D eigenvalue weighted by atomic mass is 32.2. The van der Waals surface area contributed by atoms with Crippen molar-refractivity contribution in [2.45, 2.75) is 51.2 Å². The minimum atomic E-state index is -3.40. The maximum Gasteiger partial charge on any atom is 0.311 e. The molecular weight excluding hydrogens is 396 g/mol. The topological polar surface area (TPSA) is 110 Å². The molecule has 2 atom stereocenters. The number of carbonyl (C=O) groups excluding carboxylic acids is 3. The fourth-order valence-electron chi connectivity index (χ4n) is 3.93. The Morgan fingerprint density at radius 1 is 1.17 bits per heavy atom. The number of ketones is 1. The second-order valence-electron chi connectivity index (χ2n) is 7.78. The lowest BCUT2D eigenvalue weighted by atomic mass is 10.1. The van der Waals surface area contributed by atoms with Crippen LogP contribution in [0.1, 0.15) is 49.4 Å². The Balaban J connectivity index is 1.56. The second-order valence-corrected chi connectivity index (χ2v) is 9.53. The van der Waals surface area contributed by atoms with Crippen LogP contribution < -0.4 is 4.72 Å². The molecule has 1 N–H and O–H groups in total. The van der Waals surface area contributed by atoms with Crippen LogP contribution in [0.3, 0.4) is 0 Å². The molecule has 3 rings (SSSR count). The van der Waals surface area contributed by atoms with Crippen molar-refractivity contribution >= 4 is 33.4 Å². The van der Waals surface area contributed by atoms with E-state index in [0.29, 0.717) is 17.8 Å². The third-order valence-corrected chi connectivity index (χ3v) is 6.00. The summed E-state index contributed by atoms with van der Waals surface area (Å²) in [6, 6.07) is 6.11. The molecule has 1 saturated carbocycles. The third-order valence-electron chi connectivity index (χ3n) is 5.39. The van der Waals surface area contributed by atoms with E-state index in [1.54, 1.807) is 4.90 Å². The van der Waals surface area contributed by atoms with Crippen LogP contribution in [0.25, 0.3) is 0 Å². The third kappa shape index (κ3) is 5.35. The SMILES string of the molecule is C[C@@H](OC(=O)[C@@H]1CC(=O)N(C2CCCC2)C1)C(=O)c1ccc(NS(C)(=O)=O)cc1. The average molecular weight is 423 g/mol. The number of hydrogen-bond donors (Lipinski definition) is 1. The van der Waals surface area contributed by atoms with Crippen LogP contribution in [0.15, 0.2) is 24.3 Å². The zero-order chi connectivity index (χ0) is 21.2. The molecule has 1 saturated heterocycles. The highest BCUT2D eigenvalue weighted by molar-refractivity contribution is 7.92. The second kappa shape index (κ2) is 8.52. The van der Waals surface area contributed by atoms with Gasteiger partial charge in [-0.15, -0.1) is 0 Å². The van der Waals surface area contributed by atoms with Crippen LogP contribution in [-0.2, 0) is 24.3 Å². The zero-order valence-electron chi connectivity index (χ0n) is 16.6. The van der Waals surface area contributed by atoms with Crippen LogP contribution in [-0.4, -0.2) is 55.9 Å². The largest absolute Gasteiger partial charge is 0.454 e. The number of hydrogen-bond acceptors (Lipinski definition) is 6. The lowest BCUT2D eigenvalue weighted by Crippen LogP contribution is -2.35. The Kier molecular flexibility index (Phi) is 6.26. The predicted octanol–water partition coefficient (Wildman–Crippen LogP) is 1.96. The molecule has 29 heavy (non-hydrogen) atoms. The van der Waals surface area contributed by atoms with Crippen molar-refractivity contribution in [2.75, 3.05) is 17.5 Å². The minimum Gasteiger partial charge on any atom is -0.454 e. The summed E-state index contributed by atoms with van der Waals surface area (Å²) in [7, 11) is -3.40. The number of esters is 1. The number of nitrogens with one attached hydrogen (secondary N) is 1. The molecule has 1 heterocycles. The molecule has 158 valence electrons. The average Bonchev–Trinajstić information content (AvgIpc) is 3.29. The van der Waals surface area contributed by atoms with Gasteiger partial charge in [0.05, 0.1) is 12.2 Å². The van der Waals surface area contributed by atoms with Crippen molar-refractivity contribution in [3.05, 3.63) is 29.8 Å². The van der Waals surface area contributed by atoms with Gasteiger partial charge >= 0.3 is 5.97 Å². The lowest BCUT2D eigenvalue weighted by molar-refractivity contribution is -0.151. The number of rotatable bonds is 7. The van der Waals surface area contributed by atoms with Gasteiger partial charge in [-0.3, -0.25) is 19.1 Å². The summed E-state index contributed by atoms with van der Waals surface area (Å²) in [6.07, 6.45) is 4.34. The molecule has 1 amide bonds. The number of likely N-dealkylation sites (tertiary alicyclic amines) is 1. The van der Waals surface area contributed by atoms with Gasteiger partial charge in [0.2, 0.25) is 21.7 Å². The van der Waals surface area contributed by atoms with Crippen molar-refractivity contribution in [3.63, 3.8) is 0 Å². The van der Waals surface area contributed by atoms with Gasteiger partial charge in [-0.1, -0.05) is 12.8 Å². The number of sulfonamides is 1. The molecule has 0 radical (unpaired) electrons. The number of amides is 1. The predicted molar refractivity (Wildman–Crippen MR) is 107 cm³/mol. The number of nitrogens with zero attached hydrogens (tertiary/aromatic N) is 1. The highest BCUT2D eigenvalue weighted by Crippen LogP contribution is 2.30. The van der Waals surface area contributed by atoms with Crippen molar-refractivity contribution in [1.82, 2.24) is 4.90 Å². The zero-order valence-corrected chi connectivity index (χ0v) is 17.4. The summed E-state index contributed by atoms with van der Waals surface area (Å²) in [4.78, 5) is 39.1. The highest BCUT2D eigenvalue weighted by Gasteiger charge is 2.40. The van der Waals surface area contributed by atoms with Gasteiger partial charge in [-0.2, -0.15) is 0 Å². The molecule has 0 spiro atoms. The molecule has 0 bridgehead atoms. The van der Waals surface area contributed by atoms with E-state index in [4.69, 9.17) is 4.74 Å². The van der Waals surface area contributed by atoms with E-state index in [0.717, 1.165) is 31.9 Å². The van der Waals surface area contributed by atoms with Crippen molar-refractivity contribution in [3.8, 4) is 0 Å². The molecule has 0 aromatic heterocycles. The van der Waals surface area contributed by atoms with Gasteiger partial charge < -0.3 is 9.64 Å². The Morgan fingerprint density at radius 2 is 1.79 bits per heavy atom. The molecule has 1 aliphatic heterocycles. The summed E-state index contributed by atoms with van der Waals surface area (Å²) < 4.78 is 30.1. The molecule has 8 nitrogen and oxygen atoms in total. The van der Waals surface area contributed by atoms with E-state index in [1.807, 2.05) is 0 Å². The molecule has 9 heteroatoms. The number of Topliss-reactive ketones (excluding diaryl/α,β-unsaturated/α-hetero) is 1. The molecule has 2 fully saturated rings. The first-order chi connectivity index (χ1) is 13.6. The molecule has 2 aliphatic rings. The van der Waals surface area contributed by atoms with E-state index in [1.165, 1.54) is 31.2 Å². The molecule has 1 aromatic rings. The smallest absolute Gasteiger partial charge is 0.311 e. The molecule has 0 unspecified atom stereocenters. The fourth-order valence-corrected chi connectivity index (χ4v) is 4.50. The summed E-state index contributed by atoms with van der Waals surface area (Å²) in [5, 5.41) is 0. The Hall–Kier alpha value is -2.42. The van der Waals surface area contributed by atoms with Gasteiger partial charge in [0, 0.05) is 30.3 Å². The summed E-state index contributed by atoms with van der Waals surface area (Å²) >= 11 is 0. The quantitative estimate of drug-likeness (QED) is 0.531. The van der Waals surface area contributed by atoms with Gasteiger partial charge in [0.1, 0.15) is 0 Å². The van der Waals surface area contributed by atoms with E-state index in [-0.39, 0.29) is 24.2 Å². The van der Waals surface area contributed by atoms with Crippen molar-refractivity contribution in [2.24, 2.45) is 5.92 Å². The van der Waals surface area contributed by atoms with Crippen LogP contribution in [0.5, 0.6) is 0 Å². The van der Waals surface area contributed by atoms with Gasteiger partial charge in [-0.25, -0.2) is 8.42 Å². The Morgan fingerprint density at radius 3 is 2.38 bits per heavy atom. The van der Waals surface area contributed by atoms with Crippen LogP contribution in [0.2, 0.25) is 0 Å². The number of anilines is 1. The monoisotopic (exact) mass is 422 g/mol. The first kappa shape index (κ1) is 21.3. The molecule has 1 aliphatic carbocycles. The fraction of sp³-hybridized carbons (Fsp3) is 0.550. The van der Waals surface area contributed by atoms with Crippen LogP contribution >= 0.6 is 0 Å². The minimum absolute atomic E-state index is 0.0215. The van der Waals surface area contributed by atoms with Gasteiger partial charge in [-0.05, 0) is 44.0 Å². The van der Waals surface area contributed by atoms with E-state index in [2.05, 4.69) is 4.72 Å². The van der Waals surface area contributed by atoms with E-state index < -0.39 is 28.0 Å². The summed E-state index contributed by atoms with van der Waals surface area (Å²) in [6.45, 7) is 1.85. The van der Waals surface area contributed by atoms with Crippen molar-refractivity contribution < 1.29 is 27.5 Å². The van der Waals surface area contributed by atoms with Gasteiger partial charge in [0.15, 0.2) is 6.10 Å². The number of benzene rings is 1. The van der Waals surface area contributed by atoms with Crippen LogP contribution in [0, 0.1) is 5.92 Å². The maximum atomic E-state index is 12.5. The van der Waals surface area contributed by atoms with Crippen molar-refractivity contribution in [1.29, 1.82) is 0 Å². The van der Waals surface area contributed by atoms with E-state index >= 15 is 0 Å². The maximum absolute atomic E-state index is 12.5. The summed E-state index contributed by atoms with van der Waals surface area (Å²) in [5.74, 6) is -1.48. The standard InChI is InChI=1S/C20H26N2O6S/c1-13(19(24)14-7-9-16(10-8-14)21-29(2,26)27)28-20(25)15-11-18(23)22(12-15)17-5-3-4-6-17/h7-10,13,15,17,21H,3-6,11-12H2,1-2H3/t13-,15-/m1/s1. The number of ether oxygens (including phenoxy) is 1. The molecular formula is C20H26N2O6S. The first-order valence-electron chi connectivity index (χ1n) is 9.76. The Bertz CT molecular complexity index is 890. The van der Waals surface area contributed by atoms with Crippen LogP contribution in [0.4, 0.5) is 5.69 Å². The Labute approximate surface area is 170 Å². The number of carbonyl (C=O) groups is 3. The molecule has 1 aromatic carbocycles. The van der Waals surface area contributed by atoms with Gasteiger partial charge in [0.25, 0.3) is 0 Å². The van der Waals surface area contributed by atoms with E-state index in [9.17, 15) is 22.8 Å². The first-order valence-corrected chi connectivity index (χ1v) is 11.6. The summed E-state index contributed by atoms with van der Waals surface area (Å²) in [5.41, 5.74) is 0.643. The normalized spacial score (nSPS) is 21.2. The lowest BCUT2D eigenvalue weighted by Gasteiger charge is -2.24.